The van der Waals surface area contributed by atoms with E-state index in [0.29, 0.717) is 43.1 Å². The Morgan fingerprint density at radius 3 is 2.48 bits per heavy atom. The van der Waals surface area contributed by atoms with Crippen LogP contribution in [0.4, 0.5) is 0 Å². The molecule has 33 heavy (non-hydrogen) atoms. The Morgan fingerprint density at radius 1 is 1.15 bits per heavy atom. The van der Waals surface area contributed by atoms with E-state index < -0.39 is 17.7 Å². The van der Waals surface area contributed by atoms with E-state index in [1.807, 2.05) is 4.90 Å². The summed E-state index contributed by atoms with van der Waals surface area (Å²) >= 11 is 0. The molecule has 8 nitrogen and oxygen atoms in total. The molecule has 0 radical (unpaired) electrons. The van der Waals surface area contributed by atoms with Gasteiger partial charge in [-0.25, -0.2) is 0 Å². The summed E-state index contributed by atoms with van der Waals surface area (Å²) in [5, 5.41) is 9.63. The number of fused-ring (bicyclic) bond motifs is 1. The van der Waals surface area contributed by atoms with Crippen LogP contribution in [0.25, 0.3) is 0 Å². The molecule has 5 aliphatic carbocycles. The van der Waals surface area contributed by atoms with Gasteiger partial charge in [0.2, 0.25) is 5.91 Å². The van der Waals surface area contributed by atoms with Gasteiger partial charge in [-0.1, -0.05) is 13.3 Å². The summed E-state index contributed by atoms with van der Waals surface area (Å²) in [4.78, 5) is 28.4. The molecule has 0 aromatic heterocycles. The van der Waals surface area contributed by atoms with Crippen molar-refractivity contribution in [1.29, 1.82) is 5.26 Å². The van der Waals surface area contributed by atoms with Crippen LogP contribution in [0.3, 0.4) is 0 Å². The zero-order chi connectivity index (χ0) is 23.5. The number of nitrogens with zero attached hydrogens (tertiary/aromatic N) is 2. The molecule has 1 amide bonds. The summed E-state index contributed by atoms with van der Waals surface area (Å²) in [6.07, 6.45) is 8.27. The van der Waals surface area contributed by atoms with Crippen molar-refractivity contribution in [1.82, 2.24) is 4.90 Å². The van der Waals surface area contributed by atoms with Crippen LogP contribution in [0.2, 0.25) is 0 Å². The summed E-state index contributed by atoms with van der Waals surface area (Å²) in [6, 6.07) is 0.853. The molecular weight excluding hydrogens is 418 g/mol. The monoisotopic (exact) mass is 457 g/mol. The highest BCUT2D eigenvalue weighted by Gasteiger charge is 2.65. The largest absolute Gasteiger partial charge is 0.458 e. The smallest absolute Gasteiger partial charge is 0.323 e. The molecule has 0 aromatic rings. The van der Waals surface area contributed by atoms with Crippen LogP contribution in [-0.2, 0) is 14.3 Å². The molecule has 6 aliphatic rings. The van der Waals surface area contributed by atoms with Crippen molar-refractivity contribution in [3.05, 3.63) is 0 Å². The molecule has 182 valence electrons. The van der Waals surface area contributed by atoms with Gasteiger partial charge in [0.25, 0.3) is 0 Å². The average molecular weight is 458 g/mol. The van der Waals surface area contributed by atoms with Crippen molar-refractivity contribution in [2.24, 2.45) is 46.3 Å². The third kappa shape index (κ3) is 3.77. The first-order chi connectivity index (χ1) is 15.7. The van der Waals surface area contributed by atoms with Crippen molar-refractivity contribution < 1.29 is 14.3 Å². The Bertz CT molecular complexity index is 841. The van der Waals surface area contributed by atoms with Crippen molar-refractivity contribution in [3.8, 4) is 6.07 Å². The fourth-order valence-electron chi connectivity index (χ4n) is 8.40. The molecule has 1 saturated heterocycles. The number of carbonyl (C=O) groups excluding carboxylic acids is 2. The van der Waals surface area contributed by atoms with Gasteiger partial charge in [0.15, 0.2) is 0 Å². The number of rotatable bonds is 8. The highest BCUT2D eigenvalue weighted by atomic mass is 16.6. The molecule has 1 aliphatic heterocycles. The van der Waals surface area contributed by atoms with Crippen molar-refractivity contribution >= 4 is 11.9 Å². The fourth-order valence-corrected chi connectivity index (χ4v) is 8.40. The Morgan fingerprint density at radius 2 is 1.85 bits per heavy atom. The Labute approximate surface area is 196 Å². The minimum absolute atomic E-state index is 0.0692. The number of esters is 1. The molecule has 0 aromatic carbocycles. The molecule has 5 saturated carbocycles. The lowest BCUT2D eigenvalue weighted by molar-refractivity contribution is -0.207. The number of hydrogen-bond donors (Lipinski definition) is 3. The first kappa shape index (κ1) is 23.1. The van der Waals surface area contributed by atoms with E-state index in [9.17, 15) is 14.9 Å². The average Bonchev–Trinajstić information content (AvgIpc) is 3.21. The van der Waals surface area contributed by atoms with E-state index in [-0.39, 0.29) is 29.4 Å². The van der Waals surface area contributed by atoms with Crippen LogP contribution in [0.15, 0.2) is 0 Å². The first-order valence-corrected chi connectivity index (χ1v) is 12.9. The predicted molar refractivity (Wildman–Crippen MR) is 122 cm³/mol. The zero-order valence-electron chi connectivity index (χ0n) is 19.7. The van der Waals surface area contributed by atoms with Gasteiger partial charge in [0.1, 0.15) is 17.7 Å². The van der Waals surface area contributed by atoms with Crippen molar-refractivity contribution in [2.45, 2.75) is 101 Å². The quantitative estimate of drug-likeness (QED) is 0.368. The van der Waals surface area contributed by atoms with Gasteiger partial charge >= 0.3 is 5.97 Å². The maximum absolute atomic E-state index is 13.7. The summed E-state index contributed by atoms with van der Waals surface area (Å²) in [7, 11) is 0. The second-order valence-electron chi connectivity index (χ2n) is 11.9. The van der Waals surface area contributed by atoms with Crippen molar-refractivity contribution in [3.63, 3.8) is 0 Å². The van der Waals surface area contributed by atoms with Crippen LogP contribution < -0.4 is 17.2 Å². The highest BCUT2D eigenvalue weighted by Crippen LogP contribution is 2.64. The molecule has 6 fully saturated rings. The van der Waals surface area contributed by atoms with Gasteiger partial charge < -0.3 is 26.8 Å². The maximum Gasteiger partial charge on any atom is 0.323 e. The minimum atomic E-state index is -0.651. The SMILES string of the molecule is CC1C2CC(C#N)N(C(=O)C(N)C34CC5CC(CC(OC(=O)C(N)CCCCN)(C5)C3)C4)C12. The zero-order valence-corrected chi connectivity index (χ0v) is 19.7. The molecule has 4 bridgehead atoms. The van der Waals surface area contributed by atoms with Gasteiger partial charge in [0.05, 0.1) is 12.1 Å². The number of piperidine rings is 1. The molecular formula is C25H39N5O3. The summed E-state index contributed by atoms with van der Waals surface area (Å²) in [5.41, 5.74) is 17.6. The number of unbranched alkanes of at least 4 members (excludes halogenated alkanes) is 1. The third-order valence-electron chi connectivity index (χ3n) is 9.64. The Balaban J connectivity index is 1.32. The van der Waals surface area contributed by atoms with E-state index >= 15 is 0 Å². The van der Waals surface area contributed by atoms with E-state index in [2.05, 4.69) is 13.0 Å². The Hall–Kier alpha value is -1.69. The van der Waals surface area contributed by atoms with Crippen LogP contribution in [0.5, 0.6) is 0 Å². The van der Waals surface area contributed by atoms with Gasteiger partial charge in [-0.05, 0) is 93.4 Å². The molecule has 8 unspecified atom stereocenters. The van der Waals surface area contributed by atoms with Gasteiger partial charge in [-0.3, -0.25) is 9.59 Å². The second-order valence-corrected chi connectivity index (χ2v) is 11.9. The van der Waals surface area contributed by atoms with E-state index in [1.54, 1.807) is 0 Å². The predicted octanol–water partition coefficient (Wildman–Crippen LogP) is 1.41. The standard InChI is InChI=1S/C25H39N5O3/c1-14-18-7-17(12-27)30(20(14)18)22(31)21(29)24-8-15-6-16(9-24)11-25(10-15,13-24)33-23(32)19(28)4-2-3-5-26/h14-21H,2-11,13,26,28-29H2,1H3. The number of nitriles is 1. The van der Waals surface area contributed by atoms with Crippen LogP contribution in [0, 0.1) is 40.4 Å². The lowest BCUT2D eigenvalue weighted by Gasteiger charge is -2.62. The molecule has 8 heteroatoms. The molecule has 1 heterocycles. The number of likely N-dealkylation sites (tertiary alicyclic amines) is 1. The van der Waals surface area contributed by atoms with Crippen LogP contribution >= 0.6 is 0 Å². The minimum Gasteiger partial charge on any atom is -0.458 e. The second kappa shape index (κ2) is 8.21. The molecule has 8 atom stereocenters. The molecule has 6 N–H and O–H groups in total. The molecule has 0 spiro atoms. The first-order valence-electron chi connectivity index (χ1n) is 12.9. The van der Waals surface area contributed by atoms with Gasteiger partial charge in [-0.2, -0.15) is 5.26 Å². The highest BCUT2D eigenvalue weighted by molar-refractivity contribution is 5.84. The number of carbonyl (C=O) groups is 2. The lowest BCUT2D eigenvalue weighted by Crippen LogP contribution is -2.66. The number of ether oxygens (including phenoxy) is 1. The number of amides is 1. The van der Waals surface area contributed by atoms with Gasteiger partial charge in [-0.15, -0.1) is 0 Å². The lowest BCUT2D eigenvalue weighted by atomic mass is 9.46. The van der Waals surface area contributed by atoms with E-state index in [0.717, 1.165) is 51.4 Å². The topological polar surface area (TPSA) is 148 Å². The Kier molecular flexibility index (Phi) is 5.74. The summed E-state index contributed by atoms with van der Waals surface area (Å²) < 4.78 is 6.18. The van der Waals surface area contributed by atoms with E-state index in [4.69, 9.17) is 21.9 Å². The fraction of sp³-hybridized carbons (Fsp3) is 0.880. The van der Waals surface area contributed by atoms with E-state index in [1.165, 1.54) is 0 Å². The third-order valence-corrected chi connectivity index (χ3v) is 9.64. The summed E-state index contributed by atoms with van der Waals surface area (Å²) in [6.45, 7) is 2.75. The normalized spacial score (nSPS) is 44.2. The van der Waals surface area contributed by atoms with Crippen LogP contribution in [0.1, 0.15) is 71.1 Å². The maximum atomic E-state index is 13.7. The summed E-state index contributed by atoms with van der Waals surface area (Å²) in [5.74, 6) is 1.34. The number of hydrogen-bond acceptors (Lipinski definition) is 7. The van der Waals surface area contributed by atoms with Gasteiger partial charge in [0, 0.05) is 6.04 Å². The molecule has 6 rings (SSSR count). The van der Waals surface area contributed by atoms with Crippen LogP contribution in [-0.4, -0.2) is 53.1 Å². The number of nitrogens with two attached hydrogens (primary N) is 3. The van der Waals surface area contributed by atoms with Crippen molar-refractivity contribution in [2.75, 3.05) is 6.54 Å².